The van der Waals surface area contributed by atoms with Crippen LogP contribution in [0.25, 0.3) is 150 Å². The van der Waals surface area contributed by atoms with Crippen LogP contribution in [0, 0.1) is 0 Å². The third-order valence-electron chi connectivity index (χ3n) is 15.3. The lowest BCUT2D eigenvalue weighted by atomic mass is 10.0. The molecule has 0 fully saturated rings. The van der Waals surface area contributed by atoms with Gasteiger partial charge in [0, 0.05) is 76.8 Å². The summed E-state index contributed by atoms with van der Waals surface area (Å²) in [7, 11) is 0. The van der Waals surface area contributed by atoms with Crippen LogP contribution in [0.1, 0.15) is 0 Å². The molecule has 0 saturated heterocycles. The van der Waals surface area contributed by atoms with Crippen LogP contribution in [0.15, 0.2) is 259 Å². The van der Waals surface area contributed by atoms with Crippen molar-refractivity contribution < 1.29 is 4.42 Å². The normalized spacial score (nSPS) is 11.9. The molecule has 7 nitrogen and oxygen atoms in total. The van der Waals surface area contributed by atoms with Gasteiger partial charge in [-0.1, -0.05) is 146 Å². The van der Waals surface area contributed by atoms with Gasteiger partial charge in [-0.05, 0) is 120 Å². The minimum Gasteiger partial charge on any atom is -0.456 e. The highest BCUT2D eigenvalue weighted by Gasteiger charge is 2.20. The standard InChI is InChI=1S/C69H42N6O/c1-4-16-43(17-5-1)67-70-68(44-18-6-2-7-19-44)72-69(71-67)47-30-36-65-57(40-47)58-42-50(32-37-66(58)76-65)75-61-27-15-11-23-52(61)55-39-46(29-34-63(55)75)45-28-33-62-54(38-45)51-22-10-14-26-60(51)74(62)49-31-35-64-56(41-49)53-24-12-13-25-59(53)73(64)48-20-8-3-9-21-48/h1-42H. The Bertz CT molecular complexity index is 4930. The smallest absolute Gasteiger partial charge is 0.164 e. The molecule has 0 radical (unpaired) electrons. The van der Waals surface area contributed by atoms with Gasteiger partial charge in [0.05, 0.1) is 33.1 Å². The van der Waals surface area contributed by atoms with Gasteiger partial charge in [-0.15, -0.1) is 0 Å². The van der Waals surface area contributed by atoms with Gasteiger partial charge >= 0.3 is 0 Å². The average molecular weight is 971 g/mol. The average Bonchev–Trinajstić information content (AvgIpc) is 4.27. The van der Waals surface area contributed by atoms with Crippen molar-refractivity contribution in [3.05, 3.63) is 255 Å². The summed E-state index contributed by atoms with van der Waals surface area (Å²) in [6.07, 6.45) is 0. The van der Waals surface area contributed by atoms with Gasteiger partial charge in [-0.2, -0.15) is 0 Å². The second-order valence-corrected chi connectivity index (χ2v) is 19.6. The zero-order valence-electron chi connectivity index (χ0n) is 40.8. The summed E-state index contributed by atoms with van der Waals surface area (Å²) in [5.74, 6) is 1.85. The summed E-state index contributed by atoms with van der Waals surface area (Å²) in [6, 6.07) is 90.6. The van der Waals surface area contributed by atoms with E-state index in [2.05, 4.69) is 196 Å². The third kappa shape index (κ3) is 6.52. The first-order valence-electron chi connectivity index (χ1n) is 25.7. The zero-order chi connectivity index (χ0) is 49.8. The lowest BCUT2D eigenvalue weighted by molar-refractivity contribution is 0.669. The van der Waals surface area contributed by atoms with Crippen molar-refractivity contribution >= 4 is 87.4 Å². The Kier molecular flexibility index (Phi) is 9.20. The molecular weight excluding hydrogens is 929 g/mol. The first-order chi connectivity index (χ1) is 37.7. The number of hydrogen-bond donors (Lipinski definition) is 0. The molecule has 16 aromatic rings. The Morgan fingerprint density at radius 1 is 0.224 bits per heavy atom. The van der Waals surface area contributed by atoms with E-state index in [4.69, 9.17) is 19.4 Å². The molecule has 16 rings (SSSR count). The fourth-order valence-corrected chi connectivity index (χ4v) is 11.8. The first kappa shape index (κ1) is 42.2. The molecule has 354 valence electrons. The van der Waals surface area contributed by atoms with Crippen molar-refractivity contribution in [2.75, 3.05) is 0 Å². The van der Waals surface area contributed by atoms with Gasteiger partial charge in [0.1, 0.15) is 11.2 Å². The number of aromatic nitrogens is 6. The molecular formula is C69H42N6O. The van der Waals surface area contributed by atoms with E-state index in [1.54, 1.807) is 0 Å². The summed E-state index contributed by atoms with van der Waals surface area (Å²) in [4.78, 5) is 15.0. The Balaban J connectivity index is 0.802. The SMILES string of the molecule is c1ccc(-c2nc(-c3ccccc3)nc(-c3ccc4oc5ccc(-n6c7ccccc7c7cc(-c8ccc9c(c8)c8ccccc8n9-c8ccc9c(c8)c8ccccc8n9-c8ccccc8)ccc76)cc5c4c3)n2)cc1. The Morgan fingerprint density at radius 2 is 0.566 bits per heavy atom. The highest BCUT2D eigenvalue weighted by molar-refractivity contribution is 6.15. The van der Waals surface area contributed by atoms with Crippen LogP contribution in [0.5, 0.6) is 0 Å². The fourth-order valence-electron chi connectivity index (χ4n) is 11.8. The van der Waals surface area contributed by atoms with E-state index in [1.165, 1.54) is 59.9 Å². The van der Waals surface area contributed by atoms with E-state index >= 15 is 0 Å². The van der Waals surface area contributed by atoms with Crippen molar-refractivity contribution in [3.8, 4) is 62.4 Å². The minimum atomic E-state index is 0.602. The minimum absolute atomic E-state index is 0.602. The van der Waals surface area contributed by atoms with Crippen LogP contribution >= 0.6 is 0 Å². The number of fused-ring (bicyclic) bond motifs is 12. The van der Waals surface area contributed by atoms with E-state index in [-0.39, 0.29) is 0 Å². The molecule has 76 heavy (non-hydrogen) atoms. The van der Waals surface area contributed by atoms with Crippen molar-refractivity contribution in [3.63, 3.8) is 0 Å². The summed E-state index contributed by atoms with van der Waals surface area (Å²) in [6.45, 7) is 0. The predicted octanol–water partition coefficient (Wildman–Crippen LogP) is 17.7. The fraction of sp³-hybridized carbons (Fsp3) is 0. The van der Waals surface area contributed by atoms with Gasteiger partial charge in [0.15, 0.2) is 17.5 Å². The topological polar surface area (TPSA) is 66.6 Å². The number of nitrogens with zero attached hydrogens (tertiary/aromatic N) is 6. The molecule has 0 unspecified atom stereocenters. The zero-order valence-corrected chi connectivity index (χ0v) is 40.8. The number of para-hydroxylation sites is 4. The van der Waals surface area contributed by atoms with Gasteiger partial charge in [0.25, 0.3) is 0 Å². The molecule has 0 atom stereocenters. The molecule has 0 N–H and O–H groups in total. The number of hydrogen-bond acceptors (Lipinski definition) is 4. The Morgan fingerprint density at radius 3 is 1.09 bits per heavy atom. The number of furan rings is 1. The van der Waals surface area contributed by atoms with Crippen LogP contribution in [0.2, 0.25) is 0 Å². The third-order valence-corrected chi connectivity index (χ3v) is 15.3. The number of benzene rings is 11. The van der Waals surface area contributed by atoms with Crippen LogP contribution < -0.4 is 0 Å². The summed E-state index contributed by atoms with van der Waals surface area (Å²) in [5.41, 5.74) is 17.0. The maximum Gasteiger partial charge on any atom is 0.164 e. The van der Waals surface area contributed by atoms with Gasteiger partial charge < -0.3 is 18.1 Å². The highest BCUT2D eigenvalue weighted by Crippen LogP contribution is 2.42. The Labute approximate surface area is 435 Å². The molecule has 11 aromatic carbocycles. The van der Waals surface area contributed by atoms with Gasteiger partial charge in [0.2, 0.25) is 0 Å². The second kappa shape index (κ2) is 16.6. The molecule has 0 amide bonds. The molecule has 5 aromatic heterocycles. The van der Waals surface area contributed by atoms with E-state index < -0.39 is 0 Å². The molecule has 0 bridgehead atoms. The highest BCUT2D eigenvalue weighted by atomic mass is 16.3. The van der Waals surface area contributed by atoms with E-state index in [1.807, 2.05) is 72.8 Å². The van der Waals surface area contributed by atoms with E-state index in [0.717, 1.165) is 72.3 Å². The largest absolute Gasteiger partial charge is 0.456 e. The van der Waals surface area contributed by atoms with E-state index in [9.17, 15) is 0 Å². The van der Waals surface area contributed by atoms with Crippen molar-refractivity contribution in [2.45, 2.75) is 0 Å². The van der Waals surface area contributed by atoms with Crippen molar-refractivity contribution in [1.82, 2.24) is 28.7 Å². The Hall–Kier alpha value is -10.4. The van der Waals surface area contributed by atoms with Crippen molar-refractivity contribution in [1.29, 1.82) is 0 Å². The number of rotatable bonds is 7. The second-order valence-electron chi connectivity index (χ2n) is 19.6. The quantitative estimate of drug-likeness (QED) is 0.160. The summed E-state index contributed by atoms with van der Waals surface area (Å²) < 4.78 is 13.7. The molecule has 0 aliphatic heterocycles. The van der Waals surface area contributed by atoms with Gasteiger partial charge in [-0.3, -0.25) is 0 Å². The molecule has 7 heteroatoms. The van der Waals surface area contributed by atoms with Crippen LogP contribution in [-0.2, 0) is 0 Å². The maximum absolute atomic E-state index is 6.51. The first-order valence-corrected chi connectivity index (χ1v) is 25.7. The van der Waals surface area contributed by atoms with Crippen LogP contribution in [0.3, 0.4) is 0 Å². The molecule has 5 heterocycles. The molecule has 0 aliphatic carbocycles. The van der Waals surface area contributed by atoms with Crippen LogP contribution in [-0.4, -0.2) is 28.7 Å². The molecule has 0 saturated carbocycles. The summed E-state index contributed by atoms with van der Waals surface area (Å²) >= 11 is 0. The lowest BCUT2D eigenvalue weighted by Crippen LogP contribution is -2.00. The van der Waals surface area contributed by atoms with Gasteiger partial charge in [-0.25, -0.2) is 15.0 Å². The van der Waals surface area contributed by atoms with Crippen molar-refractivity contribution in [2.24, 2.45) is 0 Å². The lowest BCUT2D eigenvalue weighted by Gasteiger charge is -2.11. The van der Waals surface area contributed by atoms with E-state index in [0.29, 0.717) is 17.5 Å². The van der Waals surface area contributed by atoms with Crippen LogP contribution in [0.4, 0.5) is 0 Å². The predicted molar refractivity (Wildman–Crippen MR) is 312 cm³/mol. The molecule has 0 spiro atoms. The maximum atomic E-state index is 6.51. The summed E-state index contributed by atoms with van der Waals surface area (Å²) in [5, 5.41) is 9.30. The molecule has 0 aliphatic rings. The monoisotopic (exact) mass is 970 g/mol.